The van der Waals surface area contributed by atoms with E-state index >= 15 is 0 Å². The molecule has 2 bridgehead atoms. The maximum atomic E-state index is 10.9. The van der Waals surface area contributed by atoms with Crippen LogP contribution in [0.5, 0.6) is 0 Å². The predicted octanol–water partition coefficient (Wildman–Crippen LogP) is 2.48. The van der Waals surface area contributed by atoms with E-state index in [1.165, 1.54) is 25.3 Å². The van der Waals surface area contributed by atoms with E-state index in [0.717, 1.165) is 18.3 Å². The van der Waals surface area contributed by atoms with E-state index in [1.54, 1.807) is 0 Å². The van der Waals surface area contributed by atoms with Crippen molar-refractivity contribution in [2.24, 2.45) is 17.8 Å². The first-order valence-corrected chi connectivity index (χ1v) is 6.85. The molecule has 0 heterocycles. The van der Waals surface area contributed by atoms with Gasteiger partial charge in [0.2, 0.25) is 0 Å². The molecule has 18 heavy (non-hydrogen) atoms. The van der Waals surface area contributed by atoms with Crippen LogP contribution in [0.15, 0.2) is 24.8 Å². The van der Waals surface area contributed by atoms with E-state index in [4.69, 9.17) is 9.47 Å². The van der Waals surface area contributed by atoms with Crippen molar-refractivity contribution >= 4 is 5.97 Å². The highest BCUT2D eigenvalue weighted by Crippen LogP contribution is 2.60. The lowest BCUT2D eigenvalue weighted by molar-refractivity contribution is -0.143. The normalized spacial score (nSPS) is 39.9. The smallest absolute Gasteiger partial charge is 0.330 e. The van der Waals surface area contributed by atoms with E-state index in [1.807, 2.05) is 0 Å². The van der Waals surface area contributed by atoms with E-state index in [9.17, 15) is 4.79 Å². The lowest BCUT2D eigenvalue weighted by Gasteiger charge is -2.35. The molecule has 3 aliphatic rings. The Kier molecular flexibility index (Phi) is 3.02. The van der Waals surface area contributed by atoms with Gasteiger partial charge in [-0.15, -0.1) is 0 Å². The van der Waals surface area contributed by atoms with Crippen LogP contribution in [0, 0.1) is 17.8 Å². The lowest BCUT2D eigenvalue weighted by Crippen LogP contribution is -2.38. The Morgan fingerprint density at radius 2 is 2.39 bits per heavy atom. The molecule has 0 aliphatic heterocycles. The fraction of sp³-hybridized carbons (Fsp3) is 0.667. The van der Waals surface area contributed by atoms with Crippen molar-refractivity contribution in [1.82, 2.24) is 0 Å². The Morgan fingerprint density at radius 3 is 3.22 bits per heavy atom. The van der Waals surface area contributed by atoms with Gasteiger partial charge in [0.05, 0.1) is 12.2 Å². The first-order chi connectivity index (χ1) is 8.75. The third-order valence-corrected chi connectivity index (χ3v) is 4.86. The van der Waals surface area contributed by atoms with Crippen molar-refractivity contribution < 1.29 is 14.3 Å². The van der Waals surface area contributed by atoms with Gasteiger partial charge >= 0.3 is 5.97 Å². The topological polar surface area (TPSA) is 35.5 Å². The van der Waals surface area contributed by atoms with Crippen LogP contribution in [0.25, 0.3) is 0 Å². The molecule has 0 N–H and O–H groups in total. The molecule has 0 aromatic carbocycles. The Morgan fingerprint density at radius 1 is 1.50 bits per heavy atom. The van der Waals surface area contributed by atoms with Crippen LogP contribution < -0.4 is 0 Å². The van der Waals surface area contributed by atoms with Gasteiger partial charge in [-0.1, -0.05) is 18.7 Å². The summed E-state index contributed by atoms with van der Waals surface area (Å²) in [6.07, 6.45) is 10.7. The first kappa shape index (κ1) is 12.0. The third-order valence-electron chi connectivity index (χ3n) is 4.86. The predicted molar refractivity (Wildman–Crippen MR) is 67.9 cm³/mol. The Labute approximate surface area is 108 Å². The summed E-state index contributed by atoms with van der Waals surface area (Å²) in [6.45, 7) is 4.22. The second kappa shape index (κ2) is 4.54. The average Bonchev–Trinajstić information content (AvgIpc) is 3.05. The number of hydrogen-bond acceptors (Lipinski definition) is 3. The summed E-state index contributed by atoms with van der Waals surface area (Å²) < 4.78 is 11.1. The van der Waals surface area contributed by atoms with Crippen molar-refractivity contribution in [1.29, 1.82) is 0 Å². The molecule has 3 nitrogen and oxygen atoms in total. The molecular weight excluding hydrogens is 228 g/mol. The molecule has 98 valence electrons. The van der Waals surface area contributed by atoms with Gasteiger partial charge in [0.25, 0.3) is 0 Å². The van der Waals surface area contributed by atoms with Gasteiger partial charge in [-0.2, -0.15) is 0 Å². The van der Waals surface area contributed by atoms with E-state index in [-0.39, 0.29) is 11.6 Å². The molecule has 3 rings (SSSR count). The molecule has 0 aromatic rings. The van der Waals surface area contributed by atoms with Gasteiger partial charge in [0, 0.05) is 6.08 Å². The molecule has 0 aromatic heterocycles. The summed E-state index contributed by atoms with van der Waals surface area (Å²) in [7, 11) is 0. The van der Waals surface area contributed by atoms with Crippen LogP contribution >= 0.6 is 0 Å². The first-order valence-electron chi connectivity index (χ1n) is 6.85. The summed E-state index contributed by atoms with van der Waals surface area (Å²) in [5.41, 5.74) is 0.0689. The van der Waals surface area contributed by atoms with Crippen molar-refractivity contribution in [3.8, 4) is 0 Å². The highest BCUT2D eigenvalue weighted by atomic mass is 16.6. The fourth-order valence-corrected chi connectivity index (χ4v) is 4.15. The summed E-state index contributed by atoms with van der Waals surface area (Å²) >= 11 is 0. The number of fused-ring (bicyclic) bond motifs is 5. The standard InChI is InChI=1S/C15H20O3/c1-2-14(16)17-8-9-18-15-7-6-11(10-15)12-4-3-5-13(12)15/h2-4,11-13H,1,5-10H2/t11?,12-,13?,15?/m1/s1. The number of esters is 1. The molecule has 2 saturated carbocycles. The summed E-state index contributed by atoms with van der Waals surface area (Å²) in [5.74, 6) is 1.87. The van der Waals surface area contributed by atoms with Crippen molar-refractivity contribution in [2.75, 3.05) is 13.2 Å². The second-order valence-corrected chi connectivity index (χ2v) is 5.64. The van der Waals surface area contributed by atoms with Gasteiger partial charge in [0.1, 0.15) is 6.61 Å². The Hall–Kier alpha value is -1.09. The Bertz CT molecular complexity index is 387. The zero-order chi connectivity index (χ0) is 12.6. The maximum Gasteiger partial charge on any atom is 0.330 e. The van der Waals surface area contributed by atoms with Gasteiger partial charge < -0.3 is 9.47 Å². The summed E-state index contributed by atoms with van der Waals surface area (Å²) in [6, 6.07) is 0. The Balaban J connectivity index is 1.53. The van der Waals surface area contributed by atoms with Crippen molar-refractivity contribution in [2.45, 2.75) is 31.3 Å². The number of hydrogen-bond donors (Lipinski definition) is 0. The van der Waals surface area contributed by atoms with Crippen LogP contribution in [0.2, 0.25) is 0 Å². The van der Waals surface area contributed by atoms with Crippen LogP contribution in [0.1, 0.15) is 25.7 Å². The van der Waals surface area contributed by atoms with Gasteiger partial charge in [-0.3, -0.25) is 0 Å². The molecule has 3 heteroatoms. The SMILES string of the molecule is C=CC(=O)OCCOC12CCC(C1)[C@H]1C=CCC12. The molecule has 0 amide bonds. The highest BCUT2D eigenvalue weighted by molar-refractivity contribution is 5.81. The van der Waals surface area contributed by atoms with Crippen LogP contribution in [0.3, 0.4) is 0 Å². The average molecular weight is 248 g/mol. The summed E-state index contributed by atoms with van der Waals surface area (Å²) in [4.78, 5) is 10.9. The van der Waals surface area contributed by atoms with Crippen LogP contribution in [0.4, 0.5) is 0 Å². The van der Waals surface area contributed by atoms with Crippen molar-refractivity contribution in [3.63, 3.8) is 0 Å². The summed E-state index contributed by atoms with van der Waals surface area (Å²) in [5, 5.41) is 0. The van der Waals surface area contributed by atoms with Crippen LogP contribution in [-0.2, 0) is 14.3 Å². The van der Waals surface area contributed by atoms with Crippen molar-refractivity contribution in [3.05, 3.63) is 24.8 Å². The number of allylic oxidation sites excluding steroid dienone is 2. The van der Waals surface area contributed by atoms with Crippen LogP contribution in [-0.4, -0.2) is 24.8 Å². The quantitative estimate of drug-likeness (QED) is 0.324. The minimum Gasteiger partial charge on any atom is -0.460 e. The van der Waals surface area contributed by atoms with Gasteiger partial charge in [0.15, 0.2) is 0 Å². The molecule has 2 fully saturated rings. The highest BCUT2D eigenvalue weighted by Gasteiger charge is 2.58. The second-order valence-electron chi connectivity index (χ2n) is 5.64. The zero-order valence-corrected chi connectivity index (χ0v) is 10.6. The molecule has 3 unspecified atom stereocenters. The van der Waals surface area contributed by atoms with E-state index < -0.39 is 0 Å². The molecular formula is C15H20O3. The van der Waals surface area contributed by atoms with E-state index in [2.05, 4.69) is 18.7 Å². The van der Waals surface area contributed by atoms with Gasteiger partial charge in [-0.25, -0.2) is 4.79 Å². The molecule has 4 atom stereocenters. The number of carbonyl (C=O) groups excluding carboxylic acids is 1. The minimum atomic E-state index is -0.368. The zero-order valence-electron chi connectivity index (χ0n) is 10.6. The largest absolute Gasteiger partial charge is 0.460 e. The monoisotopic (exact) mass is 248 g/mol. The van der Waals surface area contributed by atoms with Gasteiger partial charge in [-0.05, 0) is 43.4 Å². The third kappa shape index (κ3) is 1.81. The minimum absolute atomic E-state index is 0.0689. The number of ether oxygens (including phenoxy) is 2. The lowest BCUT2D eigenvalue weighted by atomic mass is 9.79. The molecule has 0 spiro atoms. The molecule has 0 saturated heterocycles. The number of carbonyl (C=O) groups is 1. The molecule has 0 radical (unpaired) electrons. The number of rotatable bonds is 5. The van der Waals surface area contributed by atoms with E-state index in [0.29, 0.717) is 19.1 Å². The fourth-order valence-electron chi connectivity index (χ4n) is 4.15. The molecule has 3 aliphatic carbocycles. The maximum absolute atomic E-state index is 10.9.